The molecule has 14 heavy (non-hydrogen) atoms. The largest absolute Gasteiger partial charge is 0.258 e. The van der Waals surface area contributed by atoms with E-state index in [-0.39, 0.29) is 0 Å². The zero-order valence-corrected chi connectivity index (χ0v) is 8.16. The van der Waals surface area contributed by atoms with E-state index in [1.807, 2.05) is 0 Å². The van der Waals surface area contributed by atoms with Crippen LogP contribution in [-0.2, 0) is 6.42 Å². The molecular formula is C13H14N. The number of nitrogens with one attached hydrogen (secondary N) is 1. The van der Waals surface area contributed by atoms with Crippen LogP contribution in [0.25, 0.3) is 10.8 Å². The van der Waals surface area contributed by atoms with Gasteiger partial charge in [-0.15, -0.1) is 0 Å². The van der Waals surface area contributed by atoms with Crippen LogP contribution in [0.2, 0.25) is 0 Å². The molecule has 1 N–H and O–H groups in total. The van der Waals surface area contributed by atoms with Crippen molar-refractivity contribution in [2.45, 2.75) is 12.8 Å². The predicted molar refractivity (Wildman–Crippen MR) is 60.2 cm³/mol. The minimum Gasteiger partial charge on any atom is -0.258 e. The van der Waals surface area contributed by atoms with Crippen molar-refractivity contribution >= 4 is 10.8 Å². The monoisotopic (exact) mass is 184 g/mol. The van der Waals surface area contributed by atoms with Crippen molar-refractivity contribution in [2.75, 3.05) is 6.54 Å². The van der Waals surface area contributed by atoms with E-state index in [0.29, 0.717) is 6.54 Å². The van der Waals surface area contributed by atoms with Crippen LogP contribution in [0, 0.1) is 0 Å². The Labute approximate surface area is 84.5 Å². The SMILES string of the molecule is [NH]CCCc1cccc2ccccc12. The average molecular weight is 184 g/mol. The topological polar surface area (TPSA) is 23.8 Å². The molecule has 0 aliphatic heterocycles. The summed E-state index contributed by atoms with van der Waals surface area (Å²) in [5.41, 5.74) is 8.53. The molecule has 0 saturated carbocycles. The lowest BCUT2D eigenvalue weighted by atomic mass is 10.0. The molecule has 0 unspecified atom stereocenters. The summed E-state index contributed by atoms with van der Waals surface area (Å²) in [6, 6.07) is 14.8. The Morgan fingerprint density at radius 3 is 2.57 bits per heavy atom. The van der Waals surface area contributed by atoms with Crippen molar-refractivity contribution in [1.29, 1.82) is 0 Å². The molecule has 0 aliphatic carbocycles. The Bertz CT molecular complexity index is 415. The first-order valence-corrected chi connectivity index (χ1v) is 5.03. The zero-order valence-electron chi connectivity index (χ0n) is 8.16. The van der Waals surface area contributed by atoms with Crippen molar-refractivity contribution in [3.63, 3.8) is 0 Å². The molecule has 2 aromatic carbocycles. The fraction of sp³-hybridized carbons (Fsp3) is 0.231. The minimum atomic E-state index is 0.517. The summed E-state index contributed by atoms with van der Waals surface area (Å²) in [7, 11) is 0. The Kier molecular flexibility index (Phi) is 2.80. The van der Waals surface area contributed by atoms with Crippen molar-refractivity contribution in [2.24, 2.45) is 0 Å². The summed E-state index contributed by atoms with van der Waals surface area (Å²) < 4.78 is 0. The second-order valence-corrected chi connectivity index (χ2v) is 3.49. The predicted octanol–water partition coefficient (Wildman–Crippen LogP) is 3.06. The van der Waals surface area contributed by atoms with Crippen molar-refractivity contribution in [3.8, 4) is 0 Å². The summed E-state index contributed by atoms with van der Waals surface area (Å²) in [4.78, 5) is 0. The third kappa shape index (κ3) is 1.78. The number of benzene rings is 2. The van der Waals surface area contributed by atoms with Gasteiger partial charge in [-0.25, -0.2) is 0 Å². The van der Waals surface area contributed by atoms with Crippen molar-refractivity contribution in [3.05, 3.63) is 48.0 Å². The minimum absolute atomic E-state index is 0.517. The van der Waals surface area contributed by atoms with Gasteiger partial charge in [0.1, 0.15) is 0 Å². The van der Waals surface area contributed by atoms with Gasteiger partial charge in [-0.05, 0) is 29.2 Å². The summed E-state index contributed by atoms with van der Waals surface area (Å²) >= 11 is 0. The lowest BCUT2D eigenvalue weighted by molar-refractivity contribution is 0.821. The Morgan fingerprint density at radius 1 is 0.929 bits per heavy atom. The molecule has 0 fully saturated rings. The maximum atomic E-state index is 7.16. The Morgan fingerprint density at radius 2 is 1.71 bits per heavy atom. The van der Waals surface area contributed by atoms with Gasteiger partial charge in [-0.3, -0.25) is 5.73 Å². The van der Waals surface area contributed by atoms with E-state index >= 15 is 0 Å². The van der Waals surface area contributed by atoms with Gasteiger partial charge >= 0.3 is 0 Å². The number of rotatable bonds is 3. The molecule has 1 heteroatoms. The van der Waals surface area contributed by atoms with Crippen LogP contribution in [0.1, 0.15) is 12.0 Å². The maximum absolute atomic E-state index is 7.16. The van der Waals surface area contributed by atoms with Gasteiger partial charge in [0.2, 0.25) is 0 Å². The second-order valence-electron chi connectivity index (χ2n) is 3.49. The normalized spacial score (nSPS) is 10.6. The molecule has 0 spiro atoms. The summed E-state index contributed by atoms with van der Waals surface area (Å²) in [6.45, 7) is 0.517. The highest BCUT2D eigenvalue weighted by Crippen LogP contribution is 2.19. The van der Waals surface area contributed by atoms with Crippen LogP contribution in [0.3, 0.4) is 0 Å². The highest BCUT2D eigenvalue weighted by molar-refractivity contribution is 5.85. The van der Waals surface area contributed by atoms with E-state index in [1.165, 1.54) is 16.3 Å². The van der Waals surface area contributed by atoms with Crippen molar-refractivity contribution < 1.29 is 0 Å². The number of fused-ring (bicyclic) bond motifs is 1. The van der Waals surface area contributed by atoms with Crippen LogP contribution in [-0.4, -0.2) is 6.54 Å². The standard InChI is InChI=1S/C13H14N/c14-10-4-8-12-7-3-6-11-5-1-2-9-13(11)12/h1-3,5-7,9,14H,4,8,10H2. The summed E-state index contributed by atoms with van der Waals surface area (Å²) in [5.74, 6) is 0. The molecule has 1 radical (unpaired) electrons. The highest BCUT2D eigenvalue weighted by Gasteiger charge is 1.98. The molecule has 2 aromatic rings. The number of aryl methyl sites for hydroxylation is 1. The molecule has 0 heterocycles. The molecule has 2 rings (SSSR count). The fourth-order valence-electron chi connectivity index (χ4n) is 1.79. The Balaban J connectivity index is 2.43. The molecule has 0 bridgehead atoms. The first-order valence-electron chi connectivity index (χ1n) is 5.03. The van der Waals surface area contributed by atoms with Crippen LogP contribution >= 0.6 is 0 Å². The molecule has 0 aromatic heterocycles. The molecule has 71 valence electrons. The molecule has 0 amide bonds. The van der Waals surface area contributed by atoms with E-state index in [9.17, 15) is 0 Å². The number of hydrogen-bond donors (Lipinski definition) is 0. The summed E-state index contributed by atoms with van der Waals surface area (Å²) in [6.07, 6.45) is 1.97. The average Bonchev–Trinajstić information content (AvgIpc) is 2.26. The van der Waals surface area contributed by atoms with Gasteiger partial charge in [0, 0.05) is 6.54 Å². The quantitative estimate of drug-likeness (QED) is 0.700. The van der Waals surface area contributed by atoms with Crippen LogP contribution in [0.5, 0.6) is 0 Å². The van der Waals surface area contributed by atoms with Gasteiger partial charge in [-0.1, -0.05) is 42.5 Å². The van der Waals surface area contributed by atoms with Gasteiger partial charge in [0.15, 0.2) is 0 Å². The van der Waals surface area contributed by atoms with Crippen LogP contribution in [0.4, 0.5) is 0 Å². The van der Waals surface area contributed by atoms with E-state index in [1.54, 1.807) is 0 Å². The van der Waals surface area contributed by atoms with E-state index in [0.717, 1.165) is 12.8 Å². The highest BCUT2D eigenvalue weighted by atomic mass is 14.5. The van der Waals surface area contributed by atoms with Crippen LogP contribution in [0.15, 0.2) is 42.5 Å². The first-order chi connectivity index (χ1) is 6.92. The van der Waals surface area contributed by atoms with Gasteiger partial charge in [0.25, 0.3) is 0 Å². The van der Waals surface area contributed by atoms with Gasteiger partial charge < -0.3 is 0 Å². The summed E-state index contributed by atoms with van der Waals surface area (Å²) in [5, 5.41) is 2.64. The lowest BCUT2D eigenvalue weighted by Gasteiger charge is -2.04. The molecule has 0 atom stereocenters. The lowest BCUT2D eigenvalue weighted by Crippen LogP contribution is -1.91. The number of hydrogen-bond acceptors (Lipinski definition) is 0. The fourth-order valence-corrected chi connectivity index (χ4v) is 1.79. The van der Waals surface area contributed by atoms with Crippen LogP contribution < -0.4 is 5.73 Å². The molecular weight excluding hydrogens is 170 g/mol. The molecule has 1 nitrogen and oxygen atoms in total. The van der Waals surface area contributed by atoms with Gasteiger partial charge in [0.05, 0.1) is 0 Å². The smallest absolute Gasteiger partial charge is 0.0103 e. The van der Waals surface area contributed by atoms with E-state index < -0.39 is 0 Å². The Hall–Kier alpha value is -1.34. The third-order valence-electron chi connectivity index (χ3n) is 2.50. The van der Waals surface area contributed by atoms with E-state index in [4.69, 9.17) is 5.73 Å². The van der Waals surface area contributed by atoms with Gasteiger partial charge in [-0.2, -0.15) is 0 Å². The van der Waals surface area contributed by atoms with E-state index in [2.05, 4.69) is 42.5 Å². The maximum Gasteiger partial charge on any atom is 0.0103 e. The van der Waals surface area contributed by atoms with Crippen molar-refractivity contribution in [1.82, 2.24) is 5.73 Å². The second kappa shape index (κ2) is 4.25. The molecule has 0 aliphatic rings. The first kappa shape index (κ1) is 9.22. The zero-order chi connectivity index (χ0) is 9.80. The molecule has 0 saturated heterocycles. The third-order valence-corrected chi connectivity index (χ3v) is 2.50.